The molecular weight excluding hydrogens is 288 g/mol. The van der Waals surface area contributed by atoms with E-state index in [1.54, 1.807) is 12.1 Å². The van der Waals surface area contributed by atoms with Crippen molar-refractivity contribution in [1.82, 2.24) is 10.1 Å². The molecule has 0 radical (unpaired) electrons. The molecule has 10 heteroatoms. The number of nitrogens with zero attached hydrogens (tertiary/aromatic N) is 1. The van der Waals surface area contributed by atoms with Crippen LogP contribution in [0, 0.1) is 0 Å². The summed E-state index contributed by atoms with van der Waals surface area (Å²) in [6, 6.07) is 6.15. The van der Waals surface area contributed by atoms with Crippen LogP contribution in [0.25, 0.3) is 10.2 Å². The van der Waals surface area contributed by atoms with Crippen molar-refractivity contribution in [2.45, 2.75) is 0 Å². The summed E-state index contributed by atoms with van der Waals surface area (Å²) in [5.41, 5.74) is 0.696. The number of rotatable bonds is 2. The molecule has 1 aromatic heterocycles. The Kier molecular flexibility index (Phi) is 5.30. The molecular formula is C8H7N3NaO4PS. The summed E-state index contributed by atoms with van der Waals surface area (Å²) < 4.78 is 11.3. The molecule has 0 aliphatic carbocycles. The number of thiazole rings is 1. The molecule has 7 nitrogen and oxygen atoms in total. The fraction of sp³-hybridized carbons (Fsp3) is 0. The Balaban J connectivity index is 0.00000162. The van der Waals surface area contributed by atoms with Gasteiger partial charge < -0.3 is 9.79 Å². The Hall–Kier alpha value is -0.470. The zero-order chi connectivity index (χ0) is 12.5. The van der Waals surface area contributed by atoms with Crippen LogP contribution in [0.1, 0.15) is 0 Å². The molecule has 18 heavy (non-hydrogen) atoms. The molecule has 1 heterocycles. The number of fused-ring (bicyclic) bond motifs is 1. The number of hydrogen-bond acceptors (Lipinski definition) is 5. The monoisotopic (exact) mass is 295 g/mol. The van der Waals surface area contributed by atoms with Crippen LogP contribution in [-0.4, -0.2) is 15.9 Å². The van der Waals surface area contributed by atoms with Crippen molar-refractivity contribution in [3.05, 3.63) is 24.3 Å². The number of amides is 2. The van der Waals surface area contributed by atoms with Crippen LogP contribution < -0.4 is 44.9 Å². The Bertz CT molecular complexity index is 580. The van der Waals surface area contributed by atoms with E-state index in [-0.39, 0.29) is 34.7 Å². The van der Waals surface area contributed by atoms with E-state index in [9.17, 15) is 14.3 Å². The summed E-state index contributed by atoms with van der Waals surface area (Å²) in [7, 11) is -4.83. The van der Waals surface area contributed by atoms with Gasteiger partial charge >= 0.3 is 35.6 Å². The third kappa shape index (κ3) is 4.33. The minimum atomic E-state index is -4.83. The van der Waals surface area contributed by atoms with Crippen molar-refractivity contribution in [2.24, 2.45) is 0 Å². The first-order valence-corrected chi connectivity index (χ1v) is 6.82. The molecule has 0 saturated heterocycles. The maximum atomic E-state index is 11.1. The molecule has 2 aromatic rings. The fourth-order valence-corrected chi connectivity index (χ4v) is 2.35. The van der Waals surface area contributed by atoms with Crippen molar-refractivity contribution < 1.29 is 48.7 Å². The molecule has 0 saturated carbocycles. The van der Waals surface area contributed by atoms with Gasteiger partial charge in [-0.05, 0) is 12.1 Å². The molecule has 90 valence electrons. The molecule has 3 N–H and O–H groups in total. The summed E-state index contributed by atoms with van der Waals surface area (Å²) in [4.78, 5) is 34.0. The first-order valence-electron chi connectivity index (χ1n) is 4.43. The molecule has 0 aliphatic heterocycles. The number of hydrogen-bond donors (Lipinski definition) is 3. The van der Waals surface area contributed by atoms with Gasteiger partial charge in [0.1, 0.15) is 0 Å². The summed E-state index contributed by atoms with van der Waals surface area (Å²) in [5, 5.41) is 3.84. The molecule has 0 fully saturated rings. The maximum absolute atomic E-state index is 11.1. The summed E-state index contributed by atoms with van der Waals surface area (Å²) >= 11 is 1.20. The average Bonchev–Trinajstić information content (AvgIpc) is 2.55. The van der Waals surface area contributed by atoms with Gasteiger partial charge in [-0.3, -0.25) is 15.0 Å². The Morgan fingerprint density at radius 2 is 2.11 bits per heavy atom. The fourth-order valence-electron chi connectivity index (χ4n) is 1.18. The smallest absolute Gasteiger partial charge is 0.762 e. The normalized spacial score (nSPS) is 13.4. The largest absolute Gasteiger partial charge is 1.00 e. The molecule has 0 bridgehead atoms. The molecule has 2 amide bonds. The number of aromatic nitrogens is 1. The van der Waals surface area contributed by atoms with Crippen LogP contribution in [0.3, 0.4) is 0 Å². The molecule has 1 aromatic carbocycles. The Morgan fingerprint density at radius 1 is 1.44 bits per heavy atom. The van der Waals surface area contributed by atoms with Gasteiger partial charge in [-0.2, -0.15) is 0 Å². The van der Waals surface area contributed by atoms with Crippen molar-refractivity contribution in [2.75, 3.05) is 5.32 Å². The molecule has 0 aliphatic rings. The summed E-state index contributed by atoms with van der Waals surface area (Å²) in [6.45, 7) is 0. The van der Waals surface area contributed by atoms with Crippen LogP contribution in [-0.2, 0) is 4.57 Å². The second-order valence-electron chi connectivity index (χ2n) is 3.07. The molecule has 0 spiro atoms. The zero-order valence-corrected chi connectivity index (χ0v) is 13.0. The van der Waals surface area contributed by atoms with Gasteiger partial charge in [-0.1, -0.05) is 23.5 Å². The maximum Gasteiger partial charge on any atom is 1.00 e. The first-order chi connectivity index (χ1) is 7.94. The predicted octanol–water partition coefficient (Wildman–Crippen LogP) is -2.12. The van der Waals surface area contributed by atoms with Crippen LogP contribution in [0.15, 0.2) is 24.3 Å². The Labute approximate surface area is 128 Å². The van der Waals surface area contributed by atoms with Gasteiger partial charge in [0.25, 0.3) is 0 Å². The van der Waals surface area contributed by atoms with Crippen LogP contribution in [0.2, 0.25) is 0 Å². The van der Waals surface area contributed by atoms with Gasteiger partial charge in [-0.25, -0.2) is 9.78 Å². The van der Waals surface area contributed by atoms with Crippen LogP contribution in [0.5, 0.6) is 0 Å². The van der Waals surface area contributed by atoms with Crippen LogP contribution in [0.4, 0.5) is 9.93 Å². The quantitative estimate of drug-likeness (QED) is 0.433. The second kappa shape index (κ2) is 6.12. The minimum Gasteiger partial charge on any atom is -0.762 e. The predicted molar refractivity (Wildman–Crippen MR) is 61.6 cm³/mol. The van der Waals surface area contributed by atoms with E-state index in [1.165, 1.54) is 16.4 Å². The van der Waals surface area contributed by atoms with E-state index >= 15 is 0 Å². The number of urea groups is 1. The SMILES string of the molecule is O=C(Nc1nc2ccccc2s1)NP(=O)([O-])O.[Na+]. The van der Waals surface area contributed by atoms with Gasteiger partial charge in [0.15, 0.2) is 5.13 Å². The van der Waals surface area contributed by atoms with Gasteiger partial charge in [0, 0.05) is 0 Å². The van der Waals surface area contributed by atoms with Crippen molar-refractivity contribution in [3.63, 3.8) is 0 Å². The molecule has 1 unspecified atom stereocenters. The Morgan fingerprint density at radius 3 is 2.72 bits per heavy atom. The summed E-state index contributed by atoms with van der Waals surface area (Å²) in [6.07, 6.45) is 0. The van der Waals surface area contributed by atoms with E-state index in [0.29, 0.717) is 5.52 Å². The molecule has 2 rings (SSSR count). The van der Waals surface area contributed by atoms with E-state index < -0.39 is 13.8 Å². The van der Waals surface area contributed by atoms with E-state index in [2.05, 4.69) is 10.3 Å². The van der Waals surface area contributed by atoms with E-state index in [1.807, 2.05) is 12.1 Å². The van der Waals surface area contributed by atoms with E-state index in [0.717, 1.165) is 4.70 Å². The zero-order valence-electron chi connectivity index (χ0n) is 9.28. The topological polar surface area (TPSA) is 114 Å². The number of carbonyl (C=O) groups excluding carboxylic acids is 1. The van der Waals surface area contributed by atoms with Gasteiger partial charge in [-0.15, -0.1) is 0 Å². The van der Waals surface area contributed by atoms with Crippen LogP contribution >= 0.6 is 19.1 Å². The second-order valence-corrected chi connectivity index (χ2v) is 5.37. The average molecular weight is 295 g/mol. The van der Waals surface area contributed by atoms with Crippen molar-refractivity contribution in [1.29, 1.82) is 0 Å². The third-order valence-electron chi connectivity index (χ3n) is 1.76. The third-order valence-corrected chi connectivity index (χ3v) is 3.19. The van der Waals surface area contributed by atoms with Crippen molar-refractivity contribution in [3.8, 4) is 0 Å². The number of carbonyl (C=O) groups is 1. The van der Waals surface area contributed by atoms with E-state index in [4.69, 9.17) is 4.89 Å². The van der Waals surface area contributed by atoms with Gasteiger partial charge in [0.05, 0.1) is 10.2 Å². The standard InChI is InChI=1S/C8H8N3O4PS.Na/c12-7(11-16(13,14)15)10-8-9-5-3-1-2-4-6(5)17-8;/h1-4H,(H4,9,10,11,12,13,14,15);/q;+1/p-1. The number of anilines is 1. The number of benzene rings is 1. The minimum absolute atomic E-state index is 0. The summed E-state index contributed by atoms with van der Waals surface area (Å²) in [5.74, 6) is 0. The van der Waals surface area contributed by atoms with Crippen molar-refractivity contribution >= 4 is 40.5 Å². The molecule has 1 atom stereocenters. The van der Waals surface area contributed by atoms with Gasteiger partial charge in [0.2, 0.25) is 7.75 Å². The number of nitrogens with one attached hydrogen (secondary N) is 2. The first kappa shape index (κ1) is 15.6. The number of para-hydroxylation sites is 1.